The monoisotopic (exact) mass is 269 g/mol. The average molecular weight is 269 g/mol. The molecule has 5 nitrogen and oxygen atoms in total. The summed E-state index contributed by atoms with van der Waals surface area (Å²) in [6.07, 6.45) is 2.57. The van der Waals surface area contributed by atoms with Gasteiger partial charge in [0.1, 0.15) is 4.90 Å². The zero-order valence-corrected chi connectivity index (χ0v) is 11.2. The molecule has 18 heavy (non-hydrogen) atoms. The number of benzene rings is 1. The maximum atomic E-state index is 11.3. The first kappa shape index (κ1) is 13.2. The predicted molar refractivity (Wildman–Crippen MR) is 72.6 cm³/mol. The Labute approximate surface area is 108 Å². The molecule has 5 N–H and O–H groups in total. The molecular weight excluding hydrogens is 250 g/mol. The number of nitrogens with one attached hydrogen (secondary N) is 1. The third-order valence-electron chi connectivity index (χ3n) is 3.41. The quantitative estimate of drug-likeness (QED) is 0.703. The molecule has 1 fully saturated rings. The molecule has 1 aliphatic rings. The fourth-order valence-corrected chi connectivity index (χ4v) is 2.73. The number of sulfonamides is 1. The van der Waals surface area contributed by atoms with E-state index < -0.39 is 10.0 Å². The van der Waals surface area contributed by atoms with E-state index in [1.807, 2.05) is 0 Å². The van der Waals surface area contributed by atoms with Crippen molar-refractivity contribution in [2.75, 3.05) is 17.6 Å². The molecule has 0 amide bonds. The van der Waals surface area contributed by atoms with Crippen molar-refractivity contribution < 1.29 is 8.42 Å². The van der Waals surface area contributed by atoms with E-state index in [4.69, 9.17) is 10.9 Å². The van der Waals surface area contributed by atoms with Crippen LogP contribution in [0, 0.1) is 11.8 Å². The lowest BCUT2D eigenvalue weighted by Crippen LogP contribution is -2.17. The summed E-state index contributed by atoms with van der Waals surface area (Å²) < 4.78 is 22.7. The van der Waals surface area contributed by atoms with E-state index in [1.165, 1.54) is 18.9 Å². The van der Waals surface area contributed by atoms with Gasteiger partial charge in [0.2, 0.25) is 10.0 Å². The second-order valence-electron chi connectivity index (χ2n) is 4.96. The molecule has 0 radical (unpaired) electrons. The van der Waals surface area contributed by atoms with E-state index in [-0.39, 0.29) is 10.6 Å². The number of nitrogens with two attached hydrogens (primary N) is 2. The Kier molecular flexibility index (Phi) is 3.49. The van der Waals surface area contributed by atoms with Gasteiger partial charge in [-0.3, -0.25) is 0 Å². The Morgan fingerprint density at radius 1 is 1.44 bits per heavy atom. The molecule has 1 saturated carbocycles. The van der Waals surface area contributed by atoms with Gasteiger partial charge in [0.05, 0.1) is 11.4 Å². The summed E-state index contributed by atoms with van der Waals surface area (Å²) in [5.74, 6) is 1.36. The first-order valence-corrected chi connectivity index (χ1v) is 7.59. The van der Waals surface area contributed by atoms with Crippen molar-refractivity contribution in [2.45, 2.75) is 24.7 Å². The summed E-state index contributed by atoms with van der Waals surface area (Å²) in [6.45, 7) is 2.98. The normalized spacial score (nSPS) is 17.4. The number of hydrogen-bond donors (Lipinski definition) is 3. The Morgan fingerprint density at radius 2 is 2.11 bits per heavy atom. The number of anilines is 2. The fourth-order valence-electron chi connectivity index (χ4n) is 2.05. The minimum absolute atomic E-state index is 0.0217. The Balaban J connectivity index is 2.13. The molecule has 0 aliphatic heterocycles. The van der Waals surface area contributed by atoms with Crippen molar-refractivity contribution in [2.24, 2.45) is 17.0 Å². The van der Waals surface area contributed by atoms with Gasteiger partial charge in [0.25, 0.3) is 0 Å². The maximum absolute atomic E-state index is 11.3. The van der Waals surface area contributed by atoms with E-state index in [9.17, 15) is 8.42 Å². The zero-order valence-electron chi connectivity index (χ0n) is 10.4. The van der Waals surface area contributed by atoms with E-state index in [1.54, 1.807) is 12.1 Å². The molecule has 100 valence electrons. The van der Waals surface area contributed by atoms with Crippen molar-refractivity contribution in [3.8, 4) is 0 Å². The van der Waals surface area contributed by atoms with Gasteiger partial charge in [0, 0.05) is 6.54 Å². The lowest BCUT2D eigenvalue weighted by molar-refractivity contribution is 0.536. The lowest BCUT2D eigenvalue weighted by Gasteiger charge is -2.15. The summed E-state index contributed by atoms with van der Waals surface area (Å²) in [7, 11) is -3.76. The van der Waals surface area contributed by atoms with Crippen LogP contribution >= 0.6 is 0 Å². The van der Waals surface area contributed by atoms with Crippen molar-refractivity contribution in [3.63, 3.8) is 0 Å². The van der Waals surface area contributed by atoms with Crippen molar-refractivity contribution in [3.05, 3.63) is 18.2 Å². The molecule has 6 heteroatoms. The van der Waals surface area contributed by atoms with Gasteiger partial charge in [-0.25, -0.2) is 13.6 Å². The van der Waals surface area contributed by atoms with E-state index >= 15 is 0 Å². The highest BCUT2D eigenvalue weighted by molar-refractivity contribution is 7.89. The zero-order chi connectivity index (χ0) is 13.3. The SMILES string of the molecule is CC(CNc1cccc(S(N)(=O)=O)c1N)C1CC1. The smallest absolute Gasteiger partial charge is 0.240 e. The van der Waals surface area contributed by atoms with Gasteiger partial charge in [-0.2, -0.15) is 0 Å². The van der Waals surface area contributed by atoms with Gasteiger partial charge in [-0.15, -0.1) is 0 Å². The molecule has 0 heterocycles. The standard InChI is InChI=1S/C12H19N3O2S/c1-8(9-5-6-9)7-15-10-3-2-4-11(12(10)13)18(14,16)17/h2-4,8-9,15H,5-7,13H2,1H3,(H2,14,16,17). The number of nitrogen functional groups attached to an aromatic ring is 1. The van der Waals surface area contributed by atoms with Crippen molar-refractivity contribution in [1.82, 2.24) is 0 Å². The summed E-state index contributed by atoms with van der Waals surface area (Å²) in [5.41, 5.74) is 6.66. The molecule has 1 atom stereocenters. The van der Waals surface area contributed by atoms with Crippen LogP contribution < -0.4 is 16.2 Å². The molecule has 2 rings (SSSR count). The second-order valence-corrected chi connectivity index (χ2v) is 6.49. The molecule has 0 spiro atoms. The highest BCUT2D eigenvalue weighted by Gasteiger charge is 2.27. The van der Waals surface area contributed by atoms with Crippen molar-refractivity contribution >= 4 is 21.4 Å². The van der Waals surface area contributed by atoms with Crippen LogP contribution in [0.15, 0.2) is 23.1 Å². The molecule has 1 aliphatic carbocycles. The number of rotatable bonds is 5. The van der Waals surface area contributed by atoms with Crippen LogP contribution in [0.4, 0.5) is 11.4 Å². The van der Waals surface area contributed by atoms with Crippen LogP contribution in [0.5, 0.6) is 0 Å². The summed E-state index contributed by atoms with van der Waals surface area (Å²) in [5, 5.41) is 8.31. The van der Waals surface area contributed by atoms with Crippen LogP contribution in [0.1, 0.15) is 19.8 Å². The number of para-hydroxylation sites is 1. The predicted octanol–water partition coefficient (Wildman–Crippen LogP) is 1.37. The topological polar surface area (TPSA) is 98.2 Å². The van der Waals surface area contributed by atoms with E-state index in [0.717, 1.165) is 12.5 Å². The Hall–Kier alpha value is -1.27. The largest absolute Gasteiger partial charge is 0.396 e. The third kappa shape index (κ3) is 2.94. The molecule has 0 aromatic heterocycles. The number of primary sulfonamides is 1. The highest BCUT2D eigenvalue weighted by Crippen LogP contribution is 2.37. The summed E-state index contributed by atoms with van der Waals surface area (Å²) in [6, 6.07) is 4.82. The fraction of sp³-hybridized carbons (Fsp3) is 0.500. The molecule has 0 bridgehead atoms. The molecular formula is C12H19N3O2S. The lowest BCUT2D eigenvalue weighted by atomic mass is 10.1. The first-order valence-electron chi connectivity index (χ1n) is 6.04. The van der Waals surface area contributed by atoms with Gasteiger partial charge >= 0.3 is 0 Å². The minimum Gasteiger partial charge on any atom is -0.396 e. The van der Waals surface area contributed by atoms with Gasteiger partial charge in [-0.05, 0) is 36.8 Å². The molecule has 0 saturated heterocycles. The Bertz CT molecular complexity index is 538. The molecule has 1 unspecified atom stereocenters. The van der Waals surface area contributed by atoms with Crippen LogP contribution in [-0.4, -0.2) is 15.0 Å². The van der Waals surface area contributed by atoms with Crippen LogP contribution in [-0.2, 0) is 10.0 Å². The van der Waals surface area contributed by atoms with Gasteiger partial charge in [0.15, 0.2) is 0 Å². The first-order chi connectivity index (χ1) is 8.39. The highest BCUT2D eigenvalue weighted by atomic mass is 32.2. The minimum atomic E-state index is -3.76. The maximum Gasteiger partial charge on any atom is 0.240 e. The summed E-state index contributed by atoms with van der Waals surface area (Å²) >= 11 is 0. The molecule has 1 aromatic carbocycles. The van der Waals surface area contributed by atoms with Gasteiger partial charge < -0.3 is 11.1 Å². The van der Waals surface area contributed by atoms with Gasteiger partial charge in [-0.1, -0.05) is 13.0 Å². The Morgan fingerprint density at radius 3 is 2.67 bits per heavy atom. The van der Waals surface area contributed by atoms with E-state index in [0.29, 0.717) is 11.6 Å². The van der Waals surface area contributed by atoms with Crippen LogP contribution in [0.3, 0.4) is 0 Å². The number of hydrogen-bond acceptors (Lipinski definition) is 4. The average Bonchev–Trinajstić information content (AvgIpc) is 3.09. The molecule has 1 aromatic rings. The third-order valence-corrected chi connectivity index (χ3v) is 4.38. The van der Waals surface area contributed by atoms with E-state index in [2.05, 4.69) is 12.2 Å². The summed E-state index contributed by atoms with van der Waals surface area (Å²) in [4.78, 5) is -0.0217. The van der Waals surface area contributed by atoms with Crippen LogP contribution in [0.2, 0.25) is 0 Å². The second kappa shape index (κ2) is 4.78. The van der Waals surface area contributed by atoms with Crippen LogP contribution in [0.25, 0.3) is 0 Å². The van der Waals surface area contributed by atoms with Crippen molar-refractivity contribution in [1.29, 1.82) is 0 Å².